The minimum absolute atomic E-state index is 0. The van der Waals surface area contributed by atoms with Gasteiger partial charge in [0.05, 0.1) is 0 Å². The van der Waals surface area contributed by atoms with E-state index < -0.39 is 0 Å². The molecule has 2 unspecified atom stereocenters. The van der Waals surface area contributed by atoms with Crippen LogP contribution >= 0.6 is 12.4 Å². The van der Waals surface area contributed by atoms with Gasteiger partial charge in [0.25, 0.3) is 0 Å². The van der Waals surface area contributed by atoms with E-state index in [0.717, 1.165) is 25.9 Å². The molecule has 1 saturated heterocycles. The SMILES string of the molecule is CCc1ccc(CCC(=O)N2CCNC(C)C2C)cc1.Cl. The molecule has 1 aliphatic rings. The van der Waals surface area contributed by atoms with Crippen molar-refractivity contribution in [2.24, 2.45) is 0 Å². The van der Waals surface area contributed by atoms with Gasteiger partial charge < -0.3 is 10.2 Å². The van der Waals surface area contributed by atoms with Crippen LogP contribution in [0.3, 0.4) is 0 Å². The second-order valence-electron chi connectivity index (χ2n) is 5.74. The summed E-state index contributed by atoms with van der Waals surface area (Å²) in [4.78, 5) is 14.4. The summed E-state index contributed by atoms with van der Waals surface area (Å²) in [6.45, 7) is 8.17. The highest BCUT2D eigenvalue weighted by atomic mass is 35.5. The molecule has 1 heterocycles. The van der Waals surface area contributed by atoms with Crippen LogP contribution in [0.5, 0.6) is 0 Å². The zero-order valence-electron chi connectivity index (χ0n) is 13.3. The molecule has 2 atom stereocenters. The first-order valence-corrected chi connectivity index (χ1v) is 7.72. The van der Waals surface area contributed by atoms with Crippen molar-refractivity contribution in [1.82, 2.24) is 10.2 Å². The van der Waals surface area contributed by atoms with Crippen LogP contribution in [0.4, 0.5) is 0 Å². The van der Waals surface area contributed by atoms with E-state index in [2.05, 4.69) is 50.4 Å². The second-order valence-corrected chi connectivity index (χ2v) is 5.74. The lowest BCUT2D eigenvalue weighted by atomic mass is 10.0. The number of benzene rings is 1. The van der Waals surface area contributed by atoms with Gasteiger partial charge in [-0.25, -0.2) is 0 Å². The quantitative estimate of drug-likeness (QED) is 0.927. The molecule has 0 bridgehead atoms. The highest BCUT2D eigenvalue weighted by molar-refractivity contribution is 5.85. The molecule has 1 aromatic rings. The zero-order chi connectivity index (χ0) is 14.5. The van der Waals surface area contributed by atoms with E-state index in [1.807, 2.05) is 4.90 Å². The second kappa shape index (κ2) is 8.40. The third-order valence-electron chi connectivity index (χ3n) is 4.41. The molecular weight excluding hydrogens is 284 g/mol. The van der Waals surface area contributed by atoms with Gasteiger partial charge in [0.2, 0.25) is 5.91 Å². The van der Waals surface area contributed by atoms with Crippen LogP contribution < -0.4 is 5.32 Å². The van der Waals surface area contributed by atoms with Crippen molar-refractivity contribution in [1.29, 1.82) is 0 Å². The summed E-state index contributed by atoms with van der Waals surface area (Å²) in [5.74, 6) is 0.283. The van der Waals surface area contributed by atoms with Gasteiger partial charge in [0.1, 0.15) is 0 Å². The summed E-state index contributed by atoms with van der Waals surface area (Å²) in [6, 6.07) is 9.30. The summed E-state index contributed by atoms with van der Waals surface area (Å²) in [5, 5.41) is 3.41. The average Bonchev–Trinajstić information content (AvgIpc) is 2.48. The maximum atomic E-state index is 12.3. The third kappa shape index (κ3) is 4.72. The Morgan fingerprint density at radius 1 is 1.24 bits per heavy atom. The average molecular weight is 311 g/mol. The fourth-order valence-electron chi connectivity index (χ4n) is 2.75. The molecule has 1 aliphatic heterocycles. The summed E-state index contributed by atoms with van der Waals surface area (Å²) in [5.41, 5.74) is 2.61. The molecule has 21 heavy (non-hydrogen) atoms. The molecule has 1 amide bonds. The van der Waals surface area contributed by atoms with Gasteiger partial charge in [0, 0.05) is 31.6 Å². The predicted molar refractivity (Wildman–Crippen MR) is 90.0 cm³/mol. The van der Waals surface area contributed by atoms with Crippen LogP contribution in [0, 0.1) is 0 Å². The molecular formula is C17H27ClN2O. The van der Waals surface area contributed by atoms with Crippen LogP contribution in [-0.4, -0.2) is 36.0 Å². The van der Waals surface area contributed by atoms with Crippen molar-refractivity contribution in [3.8, 4) is 0 Å². The monoisotopic (exact) mass is 310 g/mol. The number of hydrogen-bond acceptors (Lipinski definition) is 2. The Hall–Kier alpha value is -1.06. The lowest BCUT2D eigenvalue weighted by Crippen LogP contribution is -2.57. The predicted octanol–water partition coefficient (Wildman–Crippen LogP) is 2.81. The van der Waals surface area contributed by atoms with Gasteiger partial charge in [-0.15, -0.1) is 12.4 Å². The molecule has 118 valence electrons. The summed E-state index contributed by atoms with van der Waals surface area (Å²) >= 11 is 0. The Balaban J connectivity index is 0.00000220. The van der Waals surface area contributed by atoms with Crippen molar-refractivity contribution in [3.63, 3.8) is 0 Å². The fraction of sp³-hybridized carbons (Fsp3) is 0.588. The van der Waals surface area contributed by atoms with Crippen LogP contribution in [-0.2, 0) is 17.6 Å². The number of halogens is 1. The Morgan fingerprint density at radius 2 is 1.86 bits per heavy atom. The molecule has 0 aromatic heterocycles. The highest BCUT2D eigenvalue weighted by Crippen LogP contribution is 2.13. The molecule has 1 fully saturated rings. The largest absolute Gasteiger partial charge is 0.337 e. The smallest absolute Gasteiger partial charge is 0.223 e. The van der Waals surface area contributed by atoms with Crippen molar-refractivity contribution in [2.75, 3.05) is 13.1 Å². The Morgan fingerprint density at radius 3 is 2.48 bits per heavy atom. The zero-order valence-corrected chi connectivity index (χ0v) is 14.1. The standard InChI is InChI=1S/C17H26N2O.ClH/c1-4-15-5-7-16(8-6-15)9-10-17(20)19-12-11-18-13(2)14(19)3;/h5-8,13-14,18H,4,9-12H2,1-3H3;1H. The Kier molecular flexibility index (Phi) is 7.20. The van der Waals surface area contributed by atoms with Crippen LogP contribution in [0.25, 0.3) is 0 Å². The molecule has 3 nitrogen and oxygen atoms in total. The van der Waals surface area contributed by atoms with E-state index in [1.165, 1.54) is 11.1 Å². The number of hydrogen-bond donors (Lipinski definition) is 1. The molecule has 1 N–H and O–H groups in total. The van der Waals surface area contributed by atoms with Crippen LogP contribution in [0.1, 0.15) is 38.3 Å². The Bertz CT molecular complexity index is 447. The molecule has 4 heteroatoms. The first-order chi connectivity index (χ1) is 9.61. The van der Waals surface area contributed by atoms with Crippen molar-refractivity contribution in [2.45, 2.75) is 52.1 Å². The highest BCUT2D eigenvalue weighted by Gasteiger charge is 2.27. The molecule has 0 aliphatic carbocycles. The minimum Gasteiger partial charge on any atom is -0.337 e. The number of carbonyl (C=O) groups excluding carboxylic acids is 1. The van der Waals surface area contributed by atoms with E-state index in [1.54, 1.807) is 0 Å². The number of aryl methyl sites for hydroxylation is 2. The maximum absolute atomic E-state index is 12.3. The van der Waals surface area contributed by atoms with E-state index in [-0.39, 0.29) is 18.3 Å². The van der Waals surface area contributed by atoms with Gasteiger partial charge in [0.15, 0.2) is 0 Å². The van der Waals surface area contributed by atoms with E-state index in [9.17, 15) is 4.79 Å². The summed E-state index contributed by atoms with van der Waals surface area (Å²) in [6.07, 6.45) is 2.52. The van der Waals surface area contributed by atoms with Crippen LogP contribution in [0.15, 0.2) is 24.3 Å². The number of nitrogens with zero attached hydrogens (tertiary/aromatic N) is 1. The summed E-state index contributed by atoms with van der Waals surface area (Å²) in [7, 11) is 0. The number of rotatable bonds is 4. The molecule has 0 radical (unpaired) electrons. The lowest BCUT2D eigenvalue weighted by molar-refractivity contribution is -0.134. The van der Waals surface area contributed by atoms with Gasteiger partial charge in [-0.05, 0) is 37.8 Å². The summed E-state index contributed by atoms with van der Waals surface area (Å²) < 4.78 is 0. The molecule has 0 spiro atoms. The lowest BCUT2D eigenvalue weighted by Gasteiger charge is -2.38. The van der Waals surface area contributed by atoms with Gasteiger partial charge in [-0.1, -0.05) is 31.2 Å². The normalized spacial score (nSPS) is 21.8. The number of nitrogens with one attached hydrogen (secondary N) is 1. The third-order valence-corrected chi connectivity index (χ3v) is 4.41. The molecule has 0 saturated carbocycles. The number of amides is 1. The van der Waals surface area contributed by atoms with E-state index in [4.69, 9.17) is 0 Å². The maximum Gasteiger partial charge on any atom is 0.223 e. The molecule has 1 aromatic carbocycles. The van der Waals surface area contributed by atoms with Crippen molar-refractivity contribution in [3.05, 3.63) is 35.4 Å². The van der Waals surface area contributed by atoms with Crippen molar-refractivity contribution < 1.29 is 4.79 Å². The van der Waals surface area contributed by atoms with Gasteiger partial charge >= 0.3 is 0 Å². The minimum atomic E-state index is 0. The number of carbonyl (C=O) groups is 1. The first-order valence-electron chi connectivity index (χ1n) is 7.72. The fourth-order valence-corrected chi connectivity index (χ4v) is 2.75. The van der Waals surface area contributed by atoms with Gasteiger partial charge in [-0.2, -0.15) is 0 Å². The van der Waals surface area contributed by atoms with E-state index in [0.29, 0.717) is 18.5 Å². The van der Waals surface area contributed by atoms with Crippen LogP contribution in [0.2, 0.25) is 0 Å². The van der Waals surface area contributed by atoms with Gasteiger partial charge in [-0.3, -0.25) is 4.79 Å². The first kappa shape index (κ1) is 18.0. The molecule has 2 rings (SSSR count). The number of piperazine rings is 1. The van der Waals surface area contributed by atoms with Crippen molar-refractivity contribution >= 4 is 18.3 Å². The van der Waals surface area contributed by atoms with E-state index >= 15 is 0 Å². The topological polar surface area (TPSA) is 32.3 Å². The Labute approximate surface area is 134 Å².